The molecule has 1 amide bonds. The highest BCUT2D eigenvalue weighted by Crippen LogP contribution is 2.38. The zero-order valence-corrected chi connectivity index (χ0v) is 24.2. The minimum Gasteiger partial charge on any atom is -0.495 e. The van der Waals surface area contributed by atoms with Crippen LogP contribution in [0.1, 0.15) is 45.0 Å². The van der Waals surface area contributed by atoms with Crippen molar-refractivity contribution < 1.29 is 24.2 Å². The van der Waals surface area contributed by atoms with E-state index in [1.54, 1.807) is 32.1 Å². The molecule has 1 aliphatic heterocycles. The molecule has 5 aromatic rings. The summed E-state index contributed by atoms with van der Waals surface area (Å²) >= 11 is 0. The average molecular weight is 578 g/mol. The van der Waals surface area contributed by atoms with Gasteiger partial charge in [0.15, 0.2) is 0 Å². The first-order chi connectivity index (χ1) is 20.9. The highest BCUT2D eigenvalue weighted by molar-refractivity contribution is 6.00. The third-order valence-electron chi connectivity index (χ3n) is 8.06. The van der Waals surface area contributed by atoms with Gasteiger partial charge in [-0.05, 0) is 59.0 Å². The summed E-state index contributed by atoms with van der Waals surface area (Å²) in [6.07, 6.45) is 2.14. The van der Waals surface area contributed by atoms with Crippen molar-refractivity contribution in [3.63, 3.8) is 0 Å². The molecule has 0 aliphatic carbocycles. The number of carboxylic acid groups (broad SMARTS) is 1. The molecular formula is C33H31N5O5. The van der Waals surface area contributed by atoms with Gasteiger partial charge in [0.2, 0.25) is 0 Å². The van der Waals surface area contributed by atoms with Crippen molar-refractivity contribution in [3.8, 4) is 22.8 Å². The predicted octanol–water partition coefficient (Wildman–Crippen LogP) is 4.85. The van der Waals surface area contributed by atoms with Crippen LogP contribution in [0.15, 0.2) is 72.9 Å². The molecule has 0 saturated carbocycles. The second-order valence-corrected chi connectivity index (χ2v) is 10.5. The first kappa shape index (κ1) is 27.9. The van der Waals surface area contributed by atoms with Gasteiger partial charge in [-0.3, -0.25) is 14.6 Å². The van der Waals surface area contributed by atoms with E-state index in [1.807, 2.05) is 71.6 Å². The number of carboxylic acids is 1. The summed E-state index contributed by atoms with van der Waals surface area (Å²) in [6.45, 7) is 0.915. The fourth-order valence-electron chi connectivity index (χ4n) is 5.98. The number of rotatable bonds is 8. The van der Waals surface area contributed by atoms with E-state index in [0.717, 1.165) is 33.3 Å². The summed E-state index contributed by atoms with van der Waals surface area (Å²) in [5.41, 5.74) is 7.20. The van der Waals surface area contributed by atoms with Crippen molar-refractivity contribution in [2.75, 3.05) is 20.8 Å². The number of aromatic nitrogens is 4. The molecule has 0 saturated heterocycles. The largest absolute Gasteiger partial charge is 0.495 e. The molecule has 43 heavy (non-hydrogen) atoms. The van der Waals surface area contributed by atoms with Gasteiger partial charge in [-0.1, -0.05) is 41.6 Å². The molecule has 6 rings (SSSR count). The minimum atomic E-state index is -0.905. The van der Waals surface area contributed by atoms with E-state index >= 15 is 0 Å². The SMILES string of the molecule is COc1ccc(-c2ccccc2C(=O)N2CCc3c(cccc3[C@H](CC(=O)O)c3cc(OC)c4c(c3)nnn4C)C2)nc1. The summed E-state index contributed by atoms with van der Waals surface area (Å²) in [7, 11) is 4.96. The number of aryl methyl sites for hydroxylation is 1. The smallest absolute Gasteiger partial charge is 0.304 e. The Morgan fingerprint density at radius 3 is 2.60 bits per heavy atom. The Kier molecular flexibility index (Phi) is 7.50. The molecule has 1 atom stereocenters. The van der Waals surface area contributed by atoms with Crippen LogP contribution in [0.25, 0.3) is 22.3 Å². The summed E-state index contributed by atoms with van der Waals surface area (Å²) in [5.74, 6) is -0.188. The molecule has 0 spiro atoms. The van der Waals surface area contributed by atoms with E-state index in [-0.39, 0.29) is 12.3 Å². The maximum Gasteiger partial charge on any atom is 0.304 e. The number of benzene rings is 3. The lowest BCUT2D eigenvalue weighted by Gasteiger charge is -2.32. The van der Waals surface area contributed by atoms with Crippen LogP contribution >= 0.6 is 0 Å². The Morgan fingerprint density at radius 1 is 1.02 bits per heavy atom. The summed E-state index contributed by atoms with van der Waals surface area (Å²) in [6, 6.07) is 20.9. The summed E-state index contributed by atoms with van der Waals surface area (Å²) in [5, 5.41) is 18.3. The highest BCUT2D eigenvalue weighted by atomic mass is 16.5. The van der Waals surface area contributed by atoms with Crippen LogP contribution in [0.5, 0.6) is 11.5 Å². The minimum absolute atomic E-state index is 0.0794. The van der Waals surface area contributed by atoms with Gasteiger partial charge in [0, 0.05) is 37.2 Å². The first-order valence-corrected chi connectivity index (χ1v) is 14.0. The lowest BCUT2D eigenvalue weighted by molar-refractivity contribution is -0.137. The van der Waals surface area contributed by atoms with Gasteiger partial charge >= 0.3 is 5.97 Å². The molecule has 218 valence electrons. The number of ether oxygens (including phenoxy) is 2. The van der Waals surface area contributed by atoms with E-state index in [1.165, 1.54) is 0 Å². The van der Waals surface area contributed by atoms with E-state index < -0.39 is 11.9 Å². The van der Waals surface area contributed by atoms with Gasteiger partial charge in [0.1, 0.15) is 22.5 Å². The van der Waals surface area contributed by atoms with Crippen molar-refractivity contribution >= 4 is 22.9 Å². The number of hydrogen-bond donors (Lipinski definition) is 1. The molecule has 10 nitrogen and oxygen atoms in total. The van der Waals surface area contributed by atoms with E-state index in [0.29, 0.717) is 47.8 Å². The third kappa shape index (κ3) is 5.27. The van der Waals surface area contributed by atoms with Crippen LogP contribution in [0, 0.1) is 0 Å². The zero-order valence-electron chi connectivity index (χ0n) is 24.2. The molecule has 2 aromatic heterocycles. The van der Waals surface area contributed by atoms with Crippen molar-refractivity contribution in [1.82, 2.24) is 24.9 Å². The Morgan fingerprint density at radius 2 is 1.86 bits per heavy atom. The Hall–Kier alpha value is -5.25. The molecule has 0 unspecified atom stereocenters. The number of carbonyl (C=O) groups excluding carboxylic acids is 1. The van der Waals surface area contributed by atoms with Gasteiger partial charge in [0.05, 0.1) is 32.5 Å². The zero-order chi connectivity index (χ0) is 30.1. The van der Waals surface area contributed by atoms with Crippen molar-refractivity contribution in [2.24, 2.45) is 7.05 Å². The fraction of sp³-hybridized carbons (Fsp3) is 0.242. The third-order valence-corrected chi connectivity index (χ3v) is 8.06. The lowest BCUT2D eigenvalue weighted by atomic mass is 9.82. The molecule has 0 bridgehead atoms. The number of nitrogens with zero attached hydrogens (tertiary/aromatic N) is 5. The van der Waals surface area contributed by atoms with Gasteiger partial charge in [-0.2, -0.15) is 0 Å². The second-order valence-electron chi connectivity index (χ2n) is 10.5. The number of fused-ring (bicyclic) bond motifs is 2. The molecule has 10 heteroatoms. The maximum atomic E-state index is 13.9. The molecule has 3 aromatic carbocycles. The molecule has 0 fully saturated rings. The van der Waals surface area contributed by atoms with E-state index in [4.69, 9.17) is 9.47 Å². The molecular weight excluding hydrogens is 546 g/mol. The number of hydrogen-bond acceptors (Lipinski definition) is 7. The Bertz CT molecular complexity index is 1830. The quantitative estimate of drug-likeness (QED) is 0.278. The average Bonchev–Trinajstić information content (AvgIpc) is 3.42. The number of methoxy groups -OCH3 is 2. The van der Waals surface area contributed by atoms with Gasteiger partial charge in [-0.15, -0.1) is 5.10 Å². The van der Waals surface area contributed by atoms with Gasteiger partial charge < -0.3 is 19.5 Å². The topological polar surface area (TPSA) is 120 Å². The van der Waals surface area contributed by atoms with Crippen LogP contribution in [0.4, 0.5) is 0 Å². The normalized spacial score (nSPS) is 13.4. The number of carbonyl (C=O) groups is 2. The Labute approximate surface area is 248 Å². The monoisotopic (exact) mass is 577 g/mol. The second kappa shape index (κ2) is 11.6. The standard InChI is InChI=1S/C33H31N5O5/c1-37-32-29(35-36-37)15-21(16-30(32)43-3)27(17-31(39)40)24-10-6-7-20-19-38(14-13-23(20)24)33(41)26-9-5-4-8-25(26)28-12-11-22(42-2)18-34-28/h4-12,15-16,18,27H,13-14,17,19H2,1-3H3,(H,39,40)/t27-/m1/s1. The lowest BCUT2D eigenvalue weighted by Crippen LogP contribution is -2.36. The van der Waals surface area contributed by atoms with Crippen LogP contribution in [0.2, 0.25) is 0 Å². The fourth-order valence-corrected chi connectivity index (χ4v) is 5.98. The van der Waals surface area contributed by atoms with Crippen LogP contribution in [0.3, 0.4) is 0 Å². The number of aliphatic carboxylic acids is 1. The van der Waals surface area contributed by atoms with Crippen molar-refractivity contribution in [3.05, 3.63) is 101 Å². The number of amides is 1. The predicted molar refractivity (Wildman–Crippen MR) is 160 cm³/mol. The van der Waals surface area contributed by atoms with Crippen LogP contribution < -0.4 is 9.47 Å². The molecule has 1 N–H and O–H groups in total. The number of pyridine rings is 1. The van der Waals surface area contributed by atoms with Crippen LogP contribution in [-0.4, -0.2) is 62.6 Å². The van der Waals surface area contributed by atoms with Crippen molar-refractivity contribution in [2.45, 2.75) is 25.3 Å². The molecule has 1 aliphatic rings. The maximum absolute atomic E-state index is 13.9. The van der Waals surface area contributed by atoms with Gasteiger partial charge in [0.25, 0.3) is 5.91 Å². The van der Waals surface area contributed by atoms with Gasteiger partial charge in [-0.25, -0.2) is 4.68 Å². The van der Waals surface area contributed by atoms with E-state index in [9.17, 15) is 14.7 Å². The summed E-state index contributed by atoms with van der Waals surface area (Å²) in [4.78, 5) is 32.3. The first-order valence-electron chi connectivity index (χ1n) is 14.0. The molecule has 3 heterocycles. The van der Waals surface area contributed by atoms with Crippen molar-refractivity contribution in [1.29, 1.82) is 0 Å². The molecule has 0 radical (unpaired) electrons. The Balaban J connectivity index is 1.33. The van der Waals surface area contributed by atoms with Crippen LogP contribution in [-0.2, 0) is 24.8 Å². The highest BCUT2D eigenvalue weighted by Gasteiger charge is 2.29. The van der Waals surface area contributed by atoms with E-state index in [2.05, 4.69) is 15.3 Å². The summed E-state index contributed by atoms with van der Waals surface area (Å²) < 4.78 is 12.5.